The van der Waals surface area contributed by atoms with Gasteiger partial charge in [0.25, 0.3) is 0 Å². The van der Waals surface area contributed by atoms with E-state index in [2.05, 4.69) is 6.92 Å². The number of ketones is 2. The van der Waals surface area contributed by atoms with E-state index >= 15 is 0 Å². The monoisotopic (exact) mass is 488 g/mol. The van der Waals surface area contributed by atoms with Gasteiger partial charge in [0.1, 0.15) is 0 Å². The molecule has 0 heterocycles. The van der Waals surface area contributed by atoms with Crippen molar-refractivity contribution in [1.82, 2.24) is 0 Å². The predicted octanol–water partition coefficient (Wildman–Crippen LogP) is 6.74. The topological polar surface area (TPSA) is 109 Å². The van der Waals surface area contributed by atoms with Gasteiger partial charge in [0.05, 0.1) is 11.1 Å². The van der Waals surface area contributed by atoms with E-state index < -0.39 is 23.5 Å². The van der Waals surface area contributed by atoms with Crippen LogP contribution >= 0.6 is 0 Å². The third-order valence-electron chi connectivity index (χ3n) is 5.69. The Labute approximate surface area is 211 Å². The maximum atomic E-state index is 12.6. The van der Waals surface area contributed by atoms with Gasteiger partial charge in [-0.2, -0.15) is 0 Å². The van der Waals surface area contributed by atoms with Gasteiger partial charge in [-0.15, -0.1) is 0 Å². The average molecular weight is 489 g/mol. The maximum Gasteiger partial charge on any atom is 0.336 e. The van der Waals surface area contributed by atoms with Crippen LogP contribution in [0.15, 0.2) is 78.9 Å². The summed E-state index contributed by atoms with van der Waals surface area (Å²) in [5, 5.41) is 17.1. The summed E-state index contributed by atoms with van der Waals surface area (Å²) in [7, 11) is 0. The number of hydrogen-bond donors (Lipinski definition) is 2. The second kappa shape index (κ2) is 15.0. The van der Waals surface area contributed by atoms with Crippen LogP contribution in [0.4, 0.5) is 0 Å². The van der Waals surface area contributed by atoms with Crippen LogP contribution in [0.3, 0.4) is 0 Å². The van der Waals surface area contributed by atoms with E-state index in [0.29, 0.717) is 11.1 Å². The lowest BCUT2D eigenvalue weighted by Crippen LogP contribution is -2.16. The first-order chi connectivity index (χ1) is 17.4. The van der Waals surface area contributed by atoms with Crippen molar-refractivity contribution in [1.29, 1.82) is 0 Å². The molecule has 0 radical (unpaired) electrons. The Balaban J connectivity index is 0.000000319. The van der Waals surface area contributed by atoms with Gasteiger partial charge >= 0.3 is 11.9 Å². The zero-order valence-corrected chi connectivity index (χ0v) is 20.5. The van der Waals surface area contributed by atoms with Gasteiger partial charge in [-0.1, -0.05) is 106 Å². The van der Waals surface area contributed by atoms with Gasteiger partial charge in [-0.25, -0.2) is 9.59 Å². The van der Waals surface area contributed by atoms with Crippen LogP contribution in [-0.4, -0.2) is 33.7 Å². The van der Waals surface area contributed by atoms with E-state index in [4.69, 9.17) is 10.2 Å². The quantitative estimate of drug-likeness (QED) is 0.166. The van der Waals surface area contributed by atoms with Gasteiger partial charge in [-0.3, -0.25) is 9.59 Å². The van der Waals surface area contributed by atoms with Gasteiger partial charge in [-0.05, 0) is 30.5 Å². The Morgan fingerprint density at radius 1 is 0.556 bits per heavy atom. The zero-order chi connectivity index (χ0) is 26.3. The number of carboxylic acids is 2. The Hall–Kier alpha value is -4.06. The number of unbranched alkanes of at least 4 members (excludes halogenated alkanes) is 5. The Bertz CT molecular complexity index is 1130. The highest BCUT2D eigenvalue weighted by Crippen LogP contribution is 2.17. The summed E-state index contributed by atoms with van der Waals surface area (Å²) < 4.78 is 0. The van der Waals surface area contributed by atoms with Crippen LogP contribution in [0.5, 0.6) is 0 Å². The van der Waals surface area contributed by atoms with E-state index in [1.807, 2.05) is 24.3 Å². The number of Topliss-reactive ketones (excluding diaryl/α,β-unsaturated/α-hetero) is 2. The lowest BCUT2D eigenvalue weighted by Gasteiger charge is -2.08. The largest absolute Gasteiger partial charge is 0.478 e. The molecule has 3 aromatic carbocycles. The molecule has 36 heavy (non-hydrogen) atoms. The molecule has 0 aliphatic carbocycles. The van der Waals surface area contributed by atoms with E-state index in [1.165, 1.54) is 56.4 Å². The molecule has 0 aliphatic heterocycles. The fraction of sp³-hybridized carbons (Fsp3) is 0.267. The minimum Gasteiger partial charge on any atom is -0.478 e. The highest BCUT2D eigenvalue weighted by atomic mass is 16.4. The molecule has 0 atom stereocenters. The molecule has 0 bridgehead atoms. The number of rotatable bonds is 12. The Morgan fingerprint density at radius 2 is 1.03 bits per heavy atom. The summed E-state index contributed by atoms with van der Waals surface area (Å²) in [5.41, 5.74) is 1.62. The van der Waals surface area contributed by atoms with Crippen molar-refractivity contribution in [3.63, 3.8) is 0 Å². The van der Waals surface area contributed by atoms with Crippen molar-refractivity contribution in [2.75, 3.05) is 0 Å². The van der Waals surface area contributed by atoms with Crippen LogP contribution in [0, 0.1) is 0 Å². The first-order valence-electron chi connectivity index (χ1n) is 12.1. The van der Waals surface area contributed by atoms with Crippen LogP contribution in [0.25, 0.3) is 0 Å². The third-order valence-corrected chi connectivity index (χ3v) is 5.69. The molecule has 0 saturated heterocycles. The molecule has 0 amide bonds. The standard InChI is InChI=1S/C22H26O2.C8H6O4/c1-2-3-4-5-6-8-13-18-14-11-12-17-20(18)22(24)21(23)19-15-9-7-10-16-19;9-7(10)5-3-1-2-4-6(5)8(11)12/h7,9-12,14-17H,2-6,8,13H2,1H3;1-4H,(H,9,10)(H,11,12). The van der Waals surface area contributed by atoms with Crippen molar-refractivity contribution < 1.29 is 29.4 Å². The molecule has 3 rings (SSSR count). The van der Waals surface area contributed by atoms with Crippen LogP contribution in [-0.2, 0) is 6.42 Å². The average Bonchev–Trinajstić information content (AvgIpc) is 2.91. The van der Waals surface area contributed by atoms with E-state index in [0.717, 1.165) is 18.4 Å². The molecule has 0 aliphatic rings. The smallest absolute Gasteiger partial charge is 0.336 e. The third kappa shape index (κ3) is 8.62. The molecule has 2 N–H and O–H groups in total. The van der Waals surface area contributed by atoms with Crippen LogP contribution in [0.1, 0.15) is 92.4 Å². The second-order valence-electron chi connectivity index (χ2n) is 8.36. The van der Waals surface area contributed by atoms with Crippen molar-refractivity contribution in [3.8, 4) is 0 Å². The molecule has 6 heteroatoms. The molecule has 3 aromatic rings. The summed E-state index contributed by atoms with van der Waals surface area (Å²) in [4.78, 5) is 45.9. The van der Waals surface area contributed by atoms with Crippen LogP contribution in [0.2, 0.25) is 0 Å². The zero-order valence-electron chi connectivity index (χ0n) is 20.5. The summed E-state index contributed by atoms with van der Waals surface area (Å²) in [6.07, 6.45) is 8.16. The second-order valence-corrected chi connectivity index (χ2v) is 8.36. The number of aromatic carboxylic acids is 2. The van der Waals surface area contributed by atoms with Crippen molar-refractivity contribution in [2.45, 2.75) is 51.9 Å². The Kier molecular flexibility index (Phi) is 11.8. The molecule has 0 fully saturated rings. The molecular formula is C30H32O6. The number of carboxylic acid groups (broad SMARTS) is 2. The van der Waals surface area contributed by atoms with Gasteiger partial charge in [0, 0.05) is 11.1 Å². The molecule has 0 spiro atoms. The van der Waals surface area contributed by atoms with Crippen molar-refractivity contribution in [3.05, 3.63) is 107 Å². The van der Waals surface area contributed by atoms with Gasteiger partial charge in [0.15, 0.2) is 0 Å². The molecular weight excluding hydrogens is 456 g/mol. The number of aryl methyl sites for hydroxylation is 1. The number of hydrogen-bond acceptors (Lipinski definition) is 4. The summed E-state index contributed by atoms with van der Waals surface area (Å²) in [6, 6.07) is 21.8. The first kappa shape index (κ1) is 28.2. The lowest BCUT2D eigenvalue weighted by molar-refractivity contribution is 0.0651. The van der Waals surface area contributed by atoms with Gasteiger partial charge < -0.3 is 10.2 Å². The van der Waals surface area contributed by atoms with Crippen molar-refractivity contribution in [2.24, 2.45) is 0 Å². The van der Waals surface area contributed by atoms with Crippen LogP contribution < -0.4 is 0 Å². The lowest BCUT2D eigenvalue weighted by atomic mass is 9.94. The summed E-state index contributed by atoms with van der Waals surface area (Å²) >= 11 is 0. The van der Waals surface area contributed by atoms with Crippen molar-refractivity contribution >= 4 is 23.5 Å². The number of carbonyl (C=O) groups excluding carboxylic acids is 2. The minimum atomic E-state index is -1.23. The first-order valence-corrected chi connectivity index (χ1v) is 12.1. The fourth-order valence-corrected chi connectivity index (χ4v) is 3.75. The highest BCUT2D eigenvalue weighted by molar-refractivity contribution is 6.49. The summed E-state index contributed by atoms with van der Waals surface area (Å²) in [5.74, 6) is -3.28. The number of carbonyl (C=O) groups is 4. The molecule has 6 nitrogen and oxygen atoms in total. The number of benzene rings is 3. The minimum absolute atomic E-state index is 0.190. The van der Waals surface area contributed by atoms with E-state index in [9.17, 15) is 19.2 Å². The molecule has 0 aromatic heterocycles. The fourth-order valence-electron chi connectivity index (χ4n) is 3.75. The normalized spacial score (nSPS) is 10.1. The maximum absolute atomic E-state index is 12.6. The van der Waals surface area contributed by atoms with E-state index in [-0.39, 0.29) is 11.1 Å². The SMILES string of the molecule is CCCCCCCCc1ccccc1C(=O)C(=O)c1ccccc1.O=C(O)c1ccccc1C(=O)O. The van der Waals surface area contributed by atoms with Gasteiger partial charge in [0.2, 0.25) is 11.6 Å². The molecule has 0 unspecified atom stereocenters. The highest BCUT2D eigenvalue weighted by Gasteiger charge is 2.20. The Morgan fingerprint density at radius 3 is 1.58 bits per heavy atom. The predicted molar refractivity (Wildman–Crippen MR) is 139 cm³/mol. The summed E-state index contributed by atoms with van der Waals surface area (Å²) in [6.45, 7) is 2.21. The van der Waals surface area contributed by atoms with E-state index in [1.54, 1.807) is 30.3 Å². The molecule has 188 valence electrons. The molecule has 0 saturated carbocycles.